The number of rotatable bonds is 3. The second-order valence-electron chi connectivity index (χ2n) is 5.34. The van der Waals surface area contributed by atoms with Crippen molar-refractivity contribution >= 4 is 17.3 Å². The van der Waals surface area contributed by atoms with Gasteiger partial charge in [0, 0.05) is 29.4 Å². The van der Waals surface area contributed by atoms with Crippen LogP contribution >= 0.6 is 11.6 Å². The highest BCUT2D eigenvalue weighted by Crippen LogP contribution is 2.34. The van der Waals surface area contributed by atoms with Gasteiger partial charge >= 0.3 is 0 Å². The van der Waals surface area contributed by atoms with Crippen LogP contribution in [0.25, 0.3) is 0 Å². The summed E-state index contributed by atoms with van der Waals surface area (Å²) in [6.07, 6.45) is 2.12. The lowest BCUT2D eigenvalue weighted by Crippen LogP contribution is -2.37. The summed E-state index contributed by atoms with van der Waals surface area (Å²) in [5, 5.41) is 0.408. The zero-order valence-corrected chi connectivity index (χ0v) is 12.5. The molecule has 0 saturated carbocycles. The topological polar surface area (TPSA) is 29.3 Å². The molecule has 1 unspecified atom stereocenters. The lowest BCUT2D eigenvalue weighted by molar-refractivity contribution is 0.542. The van der Waals surface area contributed by atoms with Gasteiger partial charge in [-0.3, -0.25) is 0 Å². The Bertz CT molecular complexity index is 644. The summed E-state index contributed by atoms with van der Waals surface area (Å²) in [4.78, 5) is 2.21. The highest BCUT2D eigenvalue weighted by Gasteiger charge is 2.26. The summed E-state index contributed by atoms with van der Waals surface area (Å²) in [6, 6.07) is 12.9. The van der Waals surface area contributed by atoms with Gasteiger partial charge in [0.15, 0.2) is 0 Å². The molecule has 0 fully saturated rings. The Morgan fingerprint density at radius 3 is 2.81 bits per heavy atom. The maximum absolute atomic E-state index is 14.3. The number of para-hydroxylation sites is 1. The monoisotopic (exact) mass is 304 g/mol. The minimum Gasteiger partial charge on any atom is -0.363 e. The van der Waals surface area contributed by atoms with E-state index in [-0.39, 0.29) is 11.9 Å². The third kappa shape index (κ3) is 2.76. The van der Waals surface area contributed by atoms with Crippen molar-refractivity contribution in [2.45, 2.75) is 18.9 Å². The van der Waals surface area contributed by atoms with E-state index in [4.69, 9.17) is 17.3 Å². The molecule has 2 nitrogen and oxygen atoms in total. The molecule has 1 aliphatic rings. The van der Waals surface area contributed by atoms with Crippen molar-refractivity contribution in [3.63, 3.8) is 0 Å². The Morgan fingerprint density at radius 2 is 2.05 bits per heavy atom. The standard InChI is InChI=1S/C17H18ClFN2/c18-13-7-8-14(15(19)10-13)17(11-20)21-9-3-5-12-4-1-2-6-16(12)21/h1-2,4,6-8,10,17H,3,5,9,11,20H2. The molecule has 0 aromatic heterocycles. The first kappa shape index (κ1) is 14.4. The predicted octanol–water partition coefficient (Wildman–Crippen LogP) is 3.93. The smallest absolute Gasteiger partial charge is 0.130 e. The van der Waals surface area contributed by atoms with Gasteiger partial charge in [-0.25, -0.2) is 4.39 Å². The molecular formula is C17H18ClFN2. The first-order chi connectivity index (χ1) is 10.2. The van der Waals surface area contributed by atoms with Crippen LogP contribution in [0.3, 0.4) is 0 Å². The van der Waals surface area contributed by atoms with Gasteiger partial charge in [-0.15, -0.1) is 0 Å². The molecule has 2 aromatic carbocycles. The van der Waals surface area contributed by atoms with Crippen molar-refractivity contribution in [1.29, 1.82) is 0 Å². The minimum atomic E-state index is -0.291. The molecule has 0 bridgehead atoms. The van der Waals surface area contributed by atoms with Gasteiger partial charge in [-0.05, 0) is 36.6 Å². The summed E-state index contributed by atoms with van der Waals surface area (Å²) in [5.74, 6) is -0.291. The largest absolute Gasteiger partial charge is 0.363 e. The number of nitrogens with two attached hydrogens (primary N) is 1. The lowest BCUT2D eigenvalue weighted by Gasteiger charge is -2.38. The number of halogens is 2. The molecule has 0 spiro atoms. The van der Waals surface area contributed by atoms with E-state index in [1.165, 1.54) is 11.6 Å². The van der Waals surface area contributed by atoms with E-state index in [0.717, 1.165) is 25.1 Å². The van der Waals surface area contributed by atoms with Crippen molar-refractivity contribution in [3.8, 4) is 0 Å². The second kappa shape index (κ2) is 6.04. The van der Waals surface area contributed by atoms with Crippen LogP contribution in [0.2, 0.25) is 5.02 Å². The number of benzene rings is 2. The molecule has 0 aliphatic carbocycles. The van der Waals surface area contributed by atoms with E-state index >= 15 is 0 Å². The van der Waals surface area contributed by atoms with Crippen LogP contribution in [0.1, 0.15) is 23.6 Å². The average molecular weight is 305 g/mol. The van der Waals surface area contributed by atoms with E-state index in [1.54, 1.807) is 12.1 Å². The van der Waals surface area contributed by atoms with Crippen LogP contribution in [0.5, 0.6) is 0 Å². The molecule has 0 saturated heterocycles. The van der Waals surface area contributed by atoms with Crippen LogP contribution in [0.15, 0.2) is 42.5 Å². The molecule has 3 rings (SSSR count). The van der Waals surface area contributed by atoms with Crippen LogP contribution in [-0.4, -0.2) is 13.1 Å². The van der Waals surface area contributed by atoms with Crippen molar-refractivity contribution in [3.05, 3.63) is 64.4 Å². The van der Waals surface area contributed by atoms with Gasteiger partial charge in [0.05, 0.1) is 6.04 Å². The van der Waals surface area contributed by atoms with E-state index < -0.39 is 0 Å². The first-order valence-electron chi connectivity index (χ1n) is 7.20. The number of nitrogens with zero attached hydrogens (tertiary/aromatic N) is 1. The first-order valence-corrected chi connectivity index (χ1v) is 7.58. The zero-order valence-electron chi connectivity index (χ0n) is 11.7. The fourth-order valence-corrected chi connectivity index (χ4v) is 3.24. The van der Waals surface area contributed by atoms with Crippen molar-refractivity contribution in [1.82, 2.24) is 0 Å². The molecule has 1 atom stereocenters. The number of fused-ring (bicyclic) bond motifs is 1. The molecule has 4 heteroatoms. The highest BCUT2D eigenvalue weighted by molar-refractivity contribution is 6.30. The molecule has 21 heavy (non-hydrogen) atoms. The number of hydrogen-bond donors (Lipinski definition) is 1. The summed E-state index contributed by atoms with van der Waals surface area (Å²) in [7, 11) is 0. The summed E-state index contributed by atoms with van der Waals surface area (Å²) >= 11 is 5.85. The molecule has 1 heterocycles. The highest BCUT2D eigenvalue weighted by atomic mass is 35.5. The summed E-state index contributed by atoms with van der Waals surface area (Å²) < 4.78 is 14.3. The van der Waals surface area contributed by atoms with Crippen LogP contribution in [0.4, 0.5) is 10.1 Å². The normalized spacial score (nSPS) is 15.7. The molecule has 2 N–H and O–H groups in total. The van der Waals surface area contributed by atoms with E-state index in [9.17, 15) is 4.39 Å². The maximum atomic E-state index is 14.3. The number of anilines is 1. The third-order valence-electron chi connectivity index (χ3n) is 4.07. The zero-order chi connectivity index (χ0) is 14.8. The maximum Gasteiger partial charge on any atom is 0.130 e. The van der Waals surface area contributed by atoms with E-state index in [2.05, 4.69) is 17.0 Å². The quantitative estimate of drug-likeness (QED) is 0.931. The van der Waals surface area contributed by atoms with Gasteiger partial charge < -0.3 is 10.6 Å². The average Bonchev–Trinajstić information content (AvgIpc) is 2.50. The fraction of sp³-hybridized carbons (Fsp3) is 0.294. The van der Waals surface area contributed by atoms with Crippen LogP contribution in [0, 0.1) is 5.82 Å². The molecule has 0 amide bonds. The molecule has 110 valence electrons. The minimum absolute atomic E-state index is 0.163. The van der Waals surface area contributed by atoms with Gasteiger partial charge in [0.25, 0.3) is 0 Å². The fourth-order valence-electron chi connectivity index (χ4n) is 3.08. The molecule has 1 aliphatic heterocycles. The van der Waals surface area contributed by atoms with E-state index in [1.807, 2.05) is 12.1 Å². The Labute approximate surface area is 129 Å². The van der Waals surface area contributed by atoms with Crippen LogP contribution in [-0.2, 0) is 6.42 Å². The Kier molecular flexibility index (Phi) is 4.13. The molecule has 0 radical (unpaired) electrons. The summed E-state index contributed by atoms with van der Waals surface area (Å²) in [6.45, 7) is 1.26. The van der Waals surface area contributed by atoms with Crippen molar-refractivity contribution < 1.29 is 4.39 Å². The van der Waals surface area contributed by atoms with Crippen molar-refractivity contribution in [2.24, 2.45) is 5.73 Å². The molecule has 2 aromatic rings. The van der Waals surface area contributed by atoms with E-state index in [0.29, 0.717) is 17.1 Å². The number of hydrogen-bond acceptors (Lipinski definition) is 2. The SMILES string of the molecule is NCC(c1ccc(Cl)cc1F)N1CCCc2ccccc21. The Morgan fingerprint density at radius 1 is 1.24 bits per heavy atom. The third-order valence-corrected chi connectivity index (χ3v) is 4.30. The van der Waals surface area contributed by atoms with Crippen molar-refractivity contribution in [2.75, 3.05) is 18.0 Å². The number of aryl methyl sites for hydroxylation is 1. The van der Waals surface area contributed by atoms with Gasteiger partial charge in [0.1, 0.15) is 5.82 Å². The van der Waals surface area contributed by atoms with Gasteiger partial charge in [-0.2, -0.15) is 0 Å². The van der Waals surface area contributed by atoms with Gasteiger partial charge in [-0.1, -0.05) is 35.9 Å². The Balaban J connectivity index is 2.01. The summed E-state index contributed by atoms with van der Waals surface area (Å²) in [5.41, 5.74) is 9.03. The lowest BCUT2D eigenvalue weighted by atomic mass is 9.97. The van der Waals surface area contributed by atoms with Crippen LogP contribution < -0.4 is 10.6 Å². The predicted molar refractivity (Wildman–Crippen MR) is 85.3 cm³/mol. The molecular weight excluding hydrogens is 287 g/mol. The van der Waals surface area contributed by atoms with Gasteiger partial charge in [0.2, 0.25) is 0 Å². The Hall–Kier alpha value is -1.58. The second-order valence-corrected chi connectivity index (χ2v) is 5.78.